The average Bonchev–Trinajstić information content (AvgIpc) is 2.75. The lowest BCUT2D eigenvalue weighted by molar-refractivity contribution is -0.163. The summed E-state index contributed by atoms with van der Waals surface area (Å²) in [5.41, 5.74) is 0. The summed E-state index contributed by atoms with van der Waals surface area (Å²) in [5, 5.41) is 0. The van der Waals surface area contributed by atoms with Gasteiger partial charge in [-0.25, -0.2) is 18.0 Å². The molecule has 0 spiro atoms. The predicted molar refractivity (Wildman–Crippen MR) is 70.4 cm³/mol. The molecule has 0 saturated carbocycles. The van der Waals surface area contributed by atoms with Crippen molar-refractivity contribution >= 4 is 22.3 Å². The molecule has 8 nitrogen and oxygen atoms in total. The van der Waals surface area contributed by atoms with Crippen molar-refractivity contribution < 1.29 is 35.8 Å². The molecule has 1 aliphatic heterocycles. The highest BCUT2D eigenvalue weighted by molar-refractivity contribution is 7.82. The first-order valence-electron chi connectivity index (χ1n) is 6.86. The molecule has 1 heterocycles. The Morgan fingerprint density at radius 2 is 1.29 bits per heavy atom. The summed E-state index contributed by atoms with van der Waals surface area (Å²) in [7, 11) is -4.40. The van der Waals surface area contributed by atoms with E-state index in [2.05, 4.69) is 8.37 Å². The lowest BCUT2D eigenvalue weighted by Crippen LogP contribution is -2.39. The second-order valence-electron chi connectivity index (χ2n) is 4.48. The highest BCUT2D eigenvalue weighted by Gasteiger charge is 2.50. The summed E-state index contributed by atoms with van der Waals surface area (Å²) in [6.07, 6.45) is -0.455. The number of hydrogen-bond acceptors (Lipinski definition) is 8. The number of esters is 2. The lowest BCUT2D eigenvalue weighted by Gasteiger charge is -2.13. The topological polar surface area (TPSA) is 105 Å². The van der Waals surface area contributed by atoms with Gasteiger partial charge in [0.05, 0.1) is 13.2 Å². The molecule has 0 aromatic heterocycles. The maximum Gasteiger partial charge on any atom is 0.401 e. The Morgan fingerprint density at radius 3 is 1.62 bits per heavy atom. The molecule has 1 rings (SSSR count). The van der Waals surface area contributed by atoms with Gasteiger partial charge in [-0.05, 0) is 12.8 Å². The van der Waals surface area contributed by atoms with Crippen LogP contribution < -0.4 is 0 Å². The maximum atomic E-state index is 11.8. The number of ether oxygens (including phenoxy) is 2. The van der Waals surface area contributed by atoms with Crippen LogP contribution in [0.1, 0.15) is 39.5 Å². The normalized spacial score (nSPS) is 23.7. The fraction of sp³-hybridized carbons (Fsp3) is 0.833. The van der Waals surface area contributed by atoms with Gasteiger partial charge >= 0.3 is 22.3 Å². The van der Waals surface area contributed by atoms with E-state index in [1.54, 1.807) is 0 Å². The van der Waals surface area contributed by atoms with E-state index in [-0.39, 0.29) is 13.2 Å². The Morgan fingerprint density at radius 1 is 0.905 bits per heavy atom. The largest absolute Gasteiger partial charge is 0.464 e. The Balaban J connectivity index is 2.65. The van der Waals surface area contributed by atoms with Gasteiger partial charge in [-0.2, -0.15) is 8.42 Å². The van der Waals surface area contributed by atoms with E-state index < -0.39 is 34.5 Å². The molecule has 0 aromatic carbocycles. The van der Waals surface area contributed by atoms with Gasteiger partial charge in [0.1, 0.15) is 0 Å². The second-order valence-corrected chi connectivity index (χ2v) is 5.69. The highest BCUT2D eigenvalue weighted by atomic mass is 32.3. The SMILES string of the molecule is CCCCOC(=O)[C@@H]1OS(=O)(=O)O[C@H]1C(=O)OCCCC. The van der Waals surface area contributed by atoms with Crippen LogP contribution in [0.25, 0.3) is 0 Å². The highest BCUT2D eigenvalue weighted by Crippen LogP contribution is 2.23. The molecule has 1 saturated heterocycles. The smallest absolute Gasteiger partial charge is 0.401 e. The van der Waals surface area contributed by atoms with Crippen LogP contribution in [-0.4, -0.2) is 45.8 Å². The van der Waals surface area contributed by atoms with Crippen LogP contribution in [0.2, 0.25) is 0 Å². The van der Waals surface area contributed by atoms with Crippen LogP contribution in [0.4, 0.5) is 0 Å². The number of unbranched alkanes of at least 4 members (excludes halogenated alkanes) is 2. The van der Waals surface area contributed by atoms with Gasteiger partial charge in [0.15, 0.2) is 0 Å². The molecule has 0 aliphatic carbocycles. The number of carbonyl (C=O) groups excluding carboxylic acids is 2. The Bertz CT molecular complexity index is 422. The van der Waals surface area contributed by atoms with Gasteiger partial charge in [-0.1, -0.05) is 26.7 Å². The minimum atomic E-state index is -4.40. The van der Waals surface area contributed by atoms with Crippen molar-refractivity contribution in [3.05, 3.63) is 0 Å². The zero-order chi connectivity index (χ0) is 15.9. The zero-order valence-corrected chi connectivity index (χ0v) is 12.9. The van der Waals surface area contributed by atoms with E-state index in [0.717, 1.165) is 12.8 Å². The van der Waals surface area contributed by atoms with E-state index >= 15 is 0 Å². The third-order valence-electron chi connectivity index (χ3n) is 2.67. The molecule has 0 N–H and O–H groups in total. The van der Waals surface area contributed by atoms with Crippen LogP contribution in [0.5, 0.6) is 0 Å². The van der Waals surface area contributed by atoms with Crippen molar-refractivity contribution in [2.75, 3.05) is 13.2 Å². The summed E-state index contributed by atoms with van der Waals surface area (Å²) in [4.78, 5) is 23.5. The molecule has 0 amide bonds. The second kappa shape index (κ2) is 8.30. The molecule has 122 valence electrons. The van der Waals surface area contributed by atoms with Gasteiger partial charge in [-0.15, -0.1) is 0 Å². The summed E-state index contributed by atoms with van der Waals surface area (Å²) in [6, 6.07) is 0. The molecule has 1 fully saturated rings. The first-order chi connectivity index (χ1) is 9.91. The van der Waals surface area contributed by atoms with E-state index in [1.165, 1.54) is 0 Å². The van der Waals surface area contributed by atoms with Crippen molar-refractivity contribution in [3.8, 4) is 0 Å². The quantitative estimate of drug-likeness (QED) is 0.474. The summed E-state index contributed by atoms with van der Waals surface area (Å²) < 4.78 is 41.1. The predicted octanol–water partition coefficient (Wildman–Crippen LogP) is 0.702. The summed E-state index contributed by atoms with van der Waals surface area (Å²) in [5.74, 6) is -1.91. The Kier molecular flexibility index (Phi) is 7.06. The molecule has 21 heavy (non-hydrogen) atoms. The monoisotopic (exact) mass is 324 g/mol. The number of hydrogen-bond donors (Lipinski definition) is 0. The molecule has 9 heteroatoms. The first kappa shape index (κ1) is 17.9. The summed E-state index contributed by atoms with van der Waals surface area (Å²) in [6.45, 7) is 4.04. The molecule has 1 aliphatic rings. The van der Waals surface area contributed by atoms with Crippen LogP contribution in [0, 0.1) is 0 Å². The van der Waals surface area contributed by atoms with Crippen LogP contribution in [0.3, 0.4) is 0 Å². The Labute approximate surface area is 124 Å². The fourth-order valence-electron chi connectivity index (χ4n) is 1.50. The van der Waals surface area contributed by atoms with Crippen LogP contribution >= 0.6 is 0 Å². The molecule has 0 unspecified atom stereocenters. The number of carbonyl (C=O) groups is 2. The molecular formula is C12H20O8S. The van der Waals surface area contributed by atoms with Gasteiger partial charge < -0.3 is 9.47 Å². The third-order valence-corrected chi connectivity index (χ3v) is 3.55. The molecule has 0 bridgehead atoms. The summed E-state index contributed by atoms with van der Waals surface area (Å²) >= 11 is 0. The van der Waals surface area contributed by atoms with Gasteiger partial charge in [0, 0.05) is 0 Å². The van der Waals surface area contributed by atoms with Crippen molar-refractivity contribution in [1.82, 2.24) is 0 Å². The van der Waals surface area contributed by atoms with E-state index in [9.17, 15) is 18.0 Å². The molecular weight excluding hydrogens is 304 g/mol. The fourth-order valence-corrected chi connectivity index (χ4v) is 2.41. The Hall–Kier alpha value is -1.19. The first-order valence-corrected chi connectivity index (χ1v) is 8.19. The maximum absolute atomic E-state index is 11.8. The van der Waals surface area contributed by atoms with Gasteiger partial charge in [-0.3, -0.25) is 0 Å². The van der Waals surface area contributed by atoms with E-state index in [1.807, 2.05) is 13.8 Å². The lowest BCUT2D eigenvalue weighted by atomic mass is 10.2. The molecule has 2 atom stereocenters. The van der Waals surface area contributed by atoms with Gasteiger partial charge in [0.25, 0.3) is 0 Å². The van der Waals surface area contributed by atoms with Crippen molar-refractivity contribution in [1.29, 1.82) is 0 Å². The minimum Gasteiger partial charge on any atom is -0.464 e. The van der Waals surface area contributed by atoms with Gasteiger partial charge in [0.2, 0.25) is 12.2 Å². The minimum absolute atomic E-state index is 0.118. The zero-order valence-electron chi connectivity index (χ0n) is 12.1. The average molecular weight is 324 g/mol. The molecule has 0 aromatic rings. The van der Waals surface area contributed by atoms with Crippen molar-refractivity contribution in [2.45, 2.75) is 51.7 Å². The van der Waals surface area contributed by atoms with Crippen LogP contribution in [0.15, 0.2) is 0 Å². The standard InChI is InChI=1S/C12H20O8S/c1-3-5-7-17-11(13)9-10(20-21(15,16)19-9)12(14)18-8-6-4-2/h9-10H,3-8H2,1-2H3/t9-,10-/m1/s1. The van der Waals surface area contributed by atoms with Crippen molar-refractivity contribution in [3.63, 3.8) is 0 Å². The van der Waals surface area contributed by atoms with E-state index in [4.69, 9.17) is 9.47 Å². The third kappa shape index (κ3) is 5.60. The molecule has 0 radical (unpaired) electrons. The van der Waals surface area contributed by atoms with E-state index in [0.29, 0.717) is 12.8 Å². The van der Waals surface area contributed by atoms with Crippen molar-refractivity contribution in [2.24, 2.45) is 0 Å². The number of rotatable bonds is 8. The van der Waals surface area contributed by atoms with Crippen LogP contribution in [-0.2, 0) is 37.8 Å².